The molecule has 1 aliphatic rings. The molecule has 1 saturated heterocycles. The standard InChI is InChI=1S/C23H30FN6O5PSe/c1-5-33-36(31,34-6-2)15-32-23-19(37-16-10-8-7-9-11-16)17(24)22(35-23)30-14-27-18-20(28-13-29(3)4)25-12-26-21(18)30/h7-14,17,19,22-23H,5-6,15H2,1-4H3/b28-13+/t17-,19-,22+,23-/m0/s1. The van der Waals surface area contributed by atoms with E-state index in [9.17, 15) is 4.57 Å². The fourth-order valence-corrected chi connectivity index (χ4v) is 7.44. The van der Waals surface area contributed by atoms with E-state index in [-0.39, 0.29) is 34.5 Å². The van der Waals surface area contributed by atoms with Crippen LogP contribution in [0.2, 0.25) is 4.82 Å². The van der Waals surface area contributed by atoms with Crippen LogP contribution in [0.1, 0.15) is 20.1 Å². The summed E-state index contributed by atoms with van der Waals surface area (Å²) in [4.78, 5) is 18.3. The summed E-state index contributed by atoms with van der Waals surface area (Å²) in [7, 11) is 0.158. The molecular weight excluding hydrogens is 569 g/mol. The first-order chi connectivity index (χ1) is 17.8. The summed E-state index contributed by atoms with van der Waals surface area (Å²) in [5, 5.41) is 0. The molecule has 0 N–H and O–H groups in total. The summed E-state index contributed by atoms with van der Waals surface area (Å²) >= 11 is -0.353. The van der Waals surface area contributed by atoms with Crippen molar-refractivity contribution in [2.24, 2.45) is 4.99 Å². The quantitative estimate of drug-likeness (QED) is 0.134. The Balaban J connectivity index is 1.63. The van der Waals surface area contributed by atoms with Gasteiger partial charge in [-0.2, -0.15) is 0 Å². The zero-order valence-electron chi connectivity index (χ0n) is 21.0. The Bertz CT molecular complexity index is 1240. The maximum atomic E-state index is 16.1. The molecule has 200 valence electrons. The van der Waals surface area contributed by atoms with E-state index in [0.717, 1.165) is 4.46 Å². The first-order valence-electron chi connectivity index (χ1n) is 11.7. The van der Waals surface area contributed by atoms with Crippen molar-refractivity contribution in [1.29, 1.82) is 0 Å². The molecule has 0 aliphatic carbocycles. The van der Waals surface area contributed by atoms with Crippen molar-refractivity contribution in [2.45, 2.75) is 37.4 Å². The number of hydrogen-bond acceptors (Lipinski definition) is 9. The Morgan fingerprint density at radius 2 is 1.92 bits per heavy atom. The minimum atomic E-state index is -3.52. The molecule has 3 aromatic rings. The zero-order valence-corrected chi connectivity index (χ0v) is 23.6. The molecule has 4 atom stereocenters. The van der Waals surface area contributed by atoms with Crippen LogP contribution in [0.25, 0.3) is 11.2 Å². The fraction of sp³-hybridized carbons (Fsp3) is 0.478. The molecule has 4 rings (SSSR count). The van der Waals surface area contributed by atoms with E-state index in [0.29, 0.717) is 17.0 Å². The number of aliphatic imine (C=N–C) groups is 1. The average molecular weight is 599 g/mol. The van der Waals surface area contributed by atoms with E-state index in [1.165, 1.54) is 17.2 Å². The molecule has 0 saturated carbocycles. The molecule has 1 fully saturated rings. The van der Waals surface area contributed by atoms with Gasteiger partial charge in [-0.15, -0.1) is 0 Å². The second-order valence-electron chi connectivity index (χ2n) is 8.21. The molecule has 11 nitrogen and oxygen atoms in total. The number of nitrogens with zero attached hydrogens (tertiary/aromatic N) is 6. The number of aromatic nitrogens is 4. The molecule has 3 heterocycles. The van der Waals surface area contributed by atoms with Crippen molar-refractivity contribution >= 4 is 50.3 Å². The number of rotatable bonds is 12. The molecule has 14 heteroatoms. The van der Waals surface area contributed by atoms with Crippen LogP contribution in [0.5, 0.6) is 0 Å². The van der Waals surface area contributed by atoms with E-state index in [1.807, 2.05) is 44.4 Å². The monoisotopic (exact) mass is 600 g/mol. The summed E-state index contributed by atoms with van der Waals surface area (Å²) in [5.41, 5.74) is 0.803. The van der Waals surface area contributed by atoms with Crippen molar-refractivity contribution < 1.29 is 27.5 Å². The first kappa shape index (κ1) is 27.8. The molecule has 0 radical (unpaired) electrons. The van der Waals surface area contributed by atoms with Crippen molar-refractivity contribution in [1.82, 2.24) is 24.4 Å². The Hall–Kier alpha value is -2.24. The second kappa shape index (κ2) is 12.5. The summed E-state index contributed by atoms with van der Waals surface area (Å²) in [5.74, 6) is 0.359. The molecule has 0 bridgehead atoms. The number of alkyl halides is 1. The summed E-state index contributed by atoms with van der Waals surface area (Å²) in [6, 6.07) is 9.60. The zero-order chi connectivity index (χ0) is 26.4. The van der Waals surface area contributed by atoms with E-state index in [2.05, 4.69) is 19.9 Å². The number of imidazole rings is 1. The second-order valence-corrected chi connectivity index (χ2v) is 12.8. The number of fused-ring (bicyclic) bond motifs is 1. The van der Waals surface area contributed by atoms with Crippen molar-refractivity contribution in [3.05, 3.63) is 43.0 Å². The average Bonchev–Trinajstić information content (AvgIpc) is 3.44. The van der Waals surface area contributed by atoms with Gasteiger partial charge >= 0.3 is 221 Å². The summed E-state index contributed by atoms with van der Waals surface area (Å²) < 4.78 is 54.3. The van der Waals surface area contributed by atoms with Crippen LogP contribution in [0, 0.1) is 0 Å². The molecular formula is C23H30FN6O5PSe. The summed E-state index contributed by atoms with van der Waals surface area (Å²) in [6.45, 7) is 3.82. The number of hydrogen-bond donors (Lipinski definition) is 0. The van der Waals surface area contributed by atoms with E-state index in [4.69, 9.17) is 18.5 Å². The van der Waals surface area contributed by atoms with Gasteiger partial charge in [0.15, 0.2) is 0 Å². The molecule has 0 spiro atoms. The molecule has 1 aromatic carbocycles. The third-order valence-electron chi connectivity index (χ3n) is 5.22. The van der Waals surface area contributed by atoms with Gasteiger partial charge in [0, 0.05) is 0 Å². The third kappa shape index (κ3) is 6.61. The Kier molecular flexibility index (Phi) is 9.41. The van der Waals surface area contributed by atoms with Crippen LogP contribution in [-0.2, 0) is 23.1 Å². The molecule has 2 aromatic heterocycles. The van der Waals surface area contributed by atoms with Crippen LogP contribution < -0.4 is 4.46 Å². The predicted molar refractivity (Wildman–Crippen MR) is 138 cm³/mol. The van der Waals surface area contributed by atoms with Gasteiger partial charge in [-0.3, -0.25) is 0 Å². The van der Waals surface area contributed by atoms with Gasteiger partial charge in [-0.25, -0.2) is 0 Å². The van der Waals surface area contributed by atoms with Crippen LogP contribution in [0.15, 0.2) is 48.0 Å². The third-order valence-corrected chi connectivity index (χ3v) is 9.71. The Morgan fingerprint density at radius 3 is 2.59 bits per heavy atom. The van der Waals surface area contributed by atoms with Crippen molar-refractivity contribution in [3.63, 3.8) is 0 Å². The van der Waals surface area contributed by atoms with Gasteiger partial charge in [0.05, 0.1) is 0 Å². The minimum absolute atomic E-state index is 0.192. The molecule has 1 aliphatic heterocycles. The van der Waals surface area contributed by atoms with Crippen LogP contribution in [-0.4, -0.2) is 91.8 Å². The molecule has 0 amide bonds. The predicted octanol–water partition coefficient (Wildman–Crippen LogP) is 3.30. The van der Waals surface area contributed by atoms with Crippen molar-refractivity contribution in [3.8, 4) is 0 Å². The Labute approximate surface area is 221 Å². The molecule has 0 unspecified atom stereocenters. The van der Waals surface area contributed by atoms with E-state index < -0.39 is 31.1 Å². The van der Waals surface area contributed by atoms with Gasteiger partial charge in [0.25, 0.3) is 0 Å². The topological polar surface area (TPSA) is 113 Å². The van der Waals surface area contributed by atoms with E-state index >= 15 is 4.39 Å². The van der Waals surface area contributed by atoms with Gasteiger partial charge in [0.2, 0.25) is 0 Å². The van der Waals surface area contributed by atoms with Crippen LogP contribution in [0.4, 0.5) is 10.2 Å². The van der Waals surface area contributed by atoms with Gasteiger partial charge in [-0.05, 0) is 0 Å². The number of halogens is 1. The summed E-state index contributed by atoms with van der Waals surface area (Å²) in [6.07, 6.45) is 0.559. The van der Waals surface area contributed by atoms with E-state index in [1.54, 1.807) is 25.1 Å². The van der Waals surface area contributed by atoms with Gasteiger partial charge in [-0.1, -0.05) is 0 Å². The maximum absolute atomic E-state index is 16.1. The Morgan fingerprint density at radius 1 is 1.19 bits per heavy atom. The van der Waals surface area contributed by atoms with Crippen LogP contribution in [0.3, 0.4) is 0 Å². The first-order valence-corrected chi connectivity index (χ1v) is 15.3. The van der Waals surface area contributed by atoms with Crippen molar-refractivity contribution in [2.75, 3.05) is 33.7 Å². The van der Waals surface area contributed by atoms with Gasteiger partial charge in [0.1, 0.15) is 0 Å². The normalized spacial score (nSPS) is 22.3. The fourth-order valence-electron chi connectivity index (χ4n) is 3.69. The van der Waals surface area contributed by atoms with Gasteiger partial charge < -0.3 is 0 Å². The van der Waals surface area contributed by atoms with Crippen LogP contribution >= 0.6 is 7.60 Å². The number of benzene rings is 1. The SMILES string of the molecule is CCOP(=O)(CO[C@H]1O[C@@H](n2cnc3c(/N=C/N(C)C)ncnc32)[C@@H](F)[C@@H]1[Se]c1ccccc1)OCC. The number of ether oxygens (including phenoxy) is 2. The molecule has 37 heavy (non-hydrogen) atoms.